The van der Waals surface area contributed by atoms with E-state index in [1.807, 2.05) is 0 Å². The van der Waals surface area contributed by atoms with E-state index in [9.17, 15) is 0 Å². The first-order valence-electron chi connectivity index (χ1n) is 8.02. The Morgan fingerprint density at radius 3 is 2.60 bits per heavy atom. The fourth-order valence-corrected chi connectivity index (χ4v) is 2.45. The number of aromatic nitrogens is 2. The Kier molecular flexibility index (Phi) is 5.21. The molecule has 4 heteroatoms. The number of hydrogen-bond donors (Lipinski definition) is 1. The third-order valence-electron chi connectivity index (χ3n) is 3.43. The van der Waals surface area contributed by atoms with Gasteiger partial charge in [0.1, 0.15) is 17.5 Å². The summed E-state index contributed by atoms with van der Waals surface area (Å²) in [5, 5.41) is 3.34. The van der Waals surface area contributed by atoms with Crippen LogP contribution in [0.1, 0.15) is 52.8 Å². The van der Waals surface area contributed by atoms with E-state index in [1.54, 1.807) is 0 Å². The fraction of sp³-hybridized carbons (Fsp3) is 0.750. The molecule has 1 N–H and O–H groups in total. The molecule has 0 saturated heterocycles. The highest BCUT2D eigenvalue weighted by Crippen LogP contribution is 2.32. The lowest BCUT2D eigenvalue weighted by atomic mass is 10.2. The Hall–Kier alpha value is -1.32. The number of anilines is 2. The molecule has 1 aromatic heterocycles. The Balaban J connectivity index is 2.26. The van der Waals surface area contributed by atoms with Gasteiger partial charge in [-0.05, 0) is 32.1 Å². The molecule has 1 saturated carbocycles. The van der Waals surface area contributed by atoms with E-state index in [2.05, 4.69) is 49.0 Å². The average molecular weight is 276 g/mol. The van der Waals surface area contributed by atoms with Crippen molar-refractivity contribution >= 4 is 11.6 Å². The highest BCUT2D eigenvalue weighted by atomic mass is 15.2. The summed E-state index contributed by atoms with van der Waals surface area (Å²) in [6.07, 6.45) is 4.64. The highest BCUT2D eigenvalue weighted by Gasteiger charge is 2.30. The molecule has 0 aliphatic heterocycles. The molecule has 20 heavy (non-hydrogen) atoms. The molecule has 1 heterocycles. The molecule has 0 bridgehead atoms. The van der Waals surface area contributed by atoms with Crippen LogP contribution in [0.15, 0.2) is 6.07 Å². The van der Waals surface area contributed by atoms with Crippen molar-refractivity contribution in [1.82, 2.24) is 9.97 Å². The summed E-state index contributed by atoms with van der Waals surface area (Å²) in [6, 6.07) is 2.81. The third-order valence-corrected chi connectivity index (χ3v) is 3.43. The molecule has 0 radical (unpaired) electrons. The minimum atomic E-state index is 0.655. The predicted octanol–water partition coefficient (Wildman–Crippen LogP) is 3.49. The van der Waals surface area contributed by atoms with Crippen LogP contribution in [0, 0.1) is 5.92 Å². The van der Waals surface area contributed by atoms with Crippen LogP contribution in [0.25, 0.3) is 0 Å². The zero-order valence-electron chi connectivity index (χ0n) is 13.3. The van der Waals surface area contributed by atoms with Gasteiger partial charge in [0.05, 0.1) is 0 Å². The third kappa shape index (κ3) is 4.09. The Labute approximate surface area is 123 Å². The normalized spacial score (nSPS) is 14.7. The summed E-state index contributed by atoms with van der Waals surface area (Å²) < 4.78 is 0. The molecule has 0 atom stereocenters. The minimum absolute atomic E-state index is 0.655. The van der Waals surface area contributed by atoms with Crippen molar-refractivity contribution < 1.29 is 0 Å². The molecule has 1 aliphatic carbocycles. The van der Waals surface area contributed by atoms with Crippen LogP contribution < -0.4 is 10.2 Å². The van der Waals surface area contributed by atoms with Crippen LogP contribution >= 0.6 is 0 Å². The van der Waals surface area contributed by atoms with Crippen molar-refractivity contribution in [2.24, 2.45) is 5.92 Å². The SMILES string of the molecule is CCCc1nc(NCC)cc(N(CC(C)C)C2CC2)n1. The Morgan fingerprint density at radius 2 is 2.05 bits per heavy atom. The van der Waals surface area contributed by atoms with E-state index in [1.165, 1.54) is 12.8 Å². The lowest BCUT2D eigenvalue weighted by Gasteiger charge is -2.26. The van der Waals surface area contributed by atoms with Crippen molar-refractivity contribution in [3.63, 3.8) is 0 Å². The molecule has 4 nitrogen and oxygen atoms in total. The molecule has 1 aromatic rings. The first-order valence-corrected chi connectivity index (χ1v) is 8.02. The van der Waals surface area contributed by atoms with Crippen molar-refractivity contribution in [2.75, 3.05) is 23.3 Å². The summed E-state index contributed by atoms with van der Waals surface area (Å²) >= 11 is 0. The molecule has 0 amide bonds. The van der Waals surface area contributed by atoms with Gasteiger partial charge in [0.15, 0.2) is 0 Å². The van der Waals surface area contributed by atoms with E-state index in [0.717, 1.165) is 43.4 Å². The number of hydrogen-bond acceptors (Lipinski definition) is 4. The van der Waals surface area contributed by atoms with E-state index in [0.29, 0.717) is 12.0 Å². The lowest BCUT2D eigenvalue weighted by molar-refractivity contribution is 0.601. The van der Waals surface area contributed by atoms with Gasteiger partial charge in [0, 0.05) is 31.6 Å². The molecule has 112 valence electrons. The molecule has 0 spiro atoms. The Bertz CT molecular complexity index is 402. The van der Waals surface area contributed by atoms with Crippen LogP contribution in [0.4, 0.5) is 11.6 Å². The molecular weight excluding hydrogens is 248 g/mol. The molecule has 1 fully saturated rings. The van der Waals surface area contributed by atoms with Gasteiger partial charge in [-0.15, -0.1) is 0 Å². The van der Waals surface area contributed by atoms with Crippen LogP contribution in [0.3, 0.4) is 0 Å². The summed E-state index contributed by atoms with van der Waals surface area (Å²) in [4.78, 5) is 11.9. The van der Waals surface area contributed by atoms with Crippen molar-refractivity contribution in [2.45, 2.75) is 59.4 Å². The van der Waals surface area contributed by atoms with Crippen LogP contribution in [-0.2, 0) is 6.42 Å². The first kappa shape index (κ1) is 15.1. The average Bonchev–Trinajstić information content (AvgIpc) is 3.20. The summed E-state index contributed by atoms with van der Waals surface area (Å²) in [5.74, 6) is 3.70. The van der Waals surface area contributed by atoms with E-state index < -0.39 is 0 Å². The zero-order chi connectivity index (χ0) is 14.5. The molecule has 1 aliphatic rings. The van der Waals surface area contributed by atoms with Gasteiger partial charge in [-0.3, -0.25) is 0 Å². The summed E-state index contributed by atoms with van der Waals surface area (Å²) in [7, 11) is 0. The summed E-state index contributed by atoms with van der Waals surface area (Å²) in [6.45, 7) is 10.8. The van der Waals surface area contributed by atoms with Crippen molar-refractivity contribution in [1.29, 1.82) is 0 Å². The first-order chi connectivity index (χ1) is 9.63. The van der Waals surface area contributed by atoms with Crippen molar-refractivity contribution in [3.05, 3.63) is 11.9 Å². The number of aryl methyl sites for hydroxylation is 1. The van der Waals surface area contributed by atoms with Gasteiger partial charge in [-0.2, -0.15) is 0 Å². The Morgan fingerprint density at radius 1 is 1.30 bits per heavy atom. The van der Waals surface area contributed by atoms with Crippen molar-refractivity contribution in [3.8, 4) is 0 Å². The maximum Gasteiger partial charge on any atom is 0.134 e. The second-order valence-electron chi connectivity index (χ2n) is 6.09. The second-order valence-corrected chi connectivity index (χ2v) is 6.09. The van der Waals surface area contributed by atoms with Gasteiger partial charge >= 0.3 is 0 Å². The topological polar surface area (TPSA) is 41.1 Å². The molecule has 0 aromatic carbocycles. The quantitative estimate of drug-likeness (QED) is 0.789. The minimum Gasteiger partial charge on any atom is -0.370 e. The highest BCUT2D eigenvalue weighted by molar-refractivity contribution is 5.51. The van der Waals surface area contributed by atoms with Gasteiger partial charge in [-0.1, -0.05) is 20.8 Å². The smallest absolute Gasteiger partial charge is 0.134 e. The van der Waals surface area contributed by atoms with Gasteiger partial charge in [-0.25, -0.2) is 9.97 Å². The molecule has 0 unspecified atom stereocenters. The van der Waals surface area contributed by atoms with Crippen LogP contribution in [0.5, 0.6) is 0 Å². The van der Waals surface area contributed by atoms with Gasteiger partial charge < -0.3 is 10.2 Å². The maximum absolute atomic E-state index is 4.79. The number of rotatable bonds is 8. The lowest BCUT2D eigenvalue weighted by Crippen LogP contribution is -2.31. The maximum atomic E-state index is 4.79. The van der Waals surface area contributed by atoms with Crippen LogP contribution in [0.2, 0.25) is 0 Å². The van der Waals surface area contributed by atoms with E-state index >= 15 is 0 Å². The van der Waals surface area contributed by atoms with Gasteiger partial charge in [0.25, 0.3) is 0 Å². The van der Waals surface area contributed by atoms with E-state index in [-0.39, 0.29) is 0 Å². The standard InChI is InChI=1S/C16H28N4/c1-5-7-14-18-15(17-6-2)10-16(19-14)20(11-12(3)4)13-8-9-13/h10,12-13H,5-9,11H2,1-4H3,(H,17,18,19). The molecule has 2 rings (SSSR count). The predicted molar refractivity (Wildman–Crippen MR) is 85.4 cm³/mol. The molecular formula is C16H28N4. The number of nitrogens with zero attached hydrogens (tertiary/aromatic N) is 3. The van der Waals surface area contributed by atoms with Gasteiger partial charge in [0.2, 0.25) is 0 Å². The number of nitrogens with one attached hydrogen (secondary N) is 1. The largest absolute Gasteiger partial charge is 0.370 e. The van der Waals surface area contributed by atoms with Crippen LogP contribution in [-0.4, -0.2) is 29.1 Å². The van der Waals surface area contributed by atoms with E-state index in [4.69, 9.17) is 4.98 Å². The fourth-order valence-electron chi connectivity index (χ4n) is 2.45. The second kappa shape index (κ2) is 6.91. The monoisotopic (exact) mass is 276 g/mol. The summed E-state index contributed by atoms with van der Waals surface area (Å²) in [5.41, 5.74) is 0. The zero-order valence-corrected chi connectivity index (χ0v) is 13.3.